The van der Waals surface area contributed by atoms with E-state index in [-0.39, 0.29) is 5.92 Å². The Kier molecular flexibility index (Phi) is 5.23. The zero-order valence-electron chi connectivity index (χ0n) is 17.9. The predicted molar refractivity (Wildman–Crippen MR) is 116 cm³/mol. The first kappa shape index (κ1) is 20.4. The number of fused-ring (bicyclic) bond motifs is 2. The Balaban J connectivity index is 1.56. The van der Waals surface area contributed by atoms with Crippen LogP contribution in [-0.4, -0.2) is 42.7 Å². The van der Waals surface area contributed by atoms with Gasteiger partial charge in [-0.1, -0.05) is 32.0 Å². The summed E-state index contributed by atoms with van der Waals surface area (Å²) < 4.78 is 30.3. The number of benzene rings is 1. The van der Waals surface area contributed by atoms with Crippen LogP contribution in [0.1, 0.15) is 57.7 Å². The molecule has 1 fully saturated rings. The van der Waals surface area contributed by atoms with Crippen LogP contribution in [-0.2, 0) is 21.3 Å². The summed E-state index contributed by atoms with van der Waals surface area (Å²) in [4.78, 5) is 2.36. The Labute approximate surface area is 174 Å². The summed E-state index contributed by atoms with van der Waals surface area (Å²) in [6.45, 7) is 11.3. The van der Waals surface area contributed by atoms with Crippen LogP contribution in [0.4, 0.5) is 5.69 Å². The normalized spacial score (nSPS) is 20.7. The highest BCUT2D eigenvalue weighted by atomic mass is 32.2. The van der Waals surface area contributed by atoms with Crippen molar-refractivity contribution < 1.29 is 8.42 Å². The maximum atomic E-state index is 13.7. The van der Waals surface area contributed by atoms with Gasteiger partial charge in [-0.3, -0.25) is 13.9 Å². The van der Waals surface area contributed by atoms with Crippen LogP contribution in [0.3, 0.4) is 0 Å². The van der Waals surface area contributed by atoms with Gasteiger partial charge in [0.15, 0.2) is 0 Å². The monoisotopic (exact) mass is 416 g/mol. The number of aromatic nitrogens is 2. The van der Waals surface area contributed by atoms with Crippen LogP contribution in [0.25, 0.3) is 0 Å². The molecular weight excluding hydrogens is 384 g/mol. The largest absolute Gasteiger partial charge is 0.299 e. The lowest BCUT2D eigenvalue weighted by Crippen LogP contribution is -2.48. The average Bonchev–Trinajstić information content (AvgIpc) is 3.21. The molecule has 29 heavy (non-hydrogen) atoms. The molecule has 1 aromatic carbocycles. The third-order valence-corrected chi connectivity index (χ3v) is 8.77. The number of para-hydroxylation sites is 1. The highest BCUT2D eigenvalue weighted by molar-refractivity contribution is 7.94. The molecular formula is C22H32N4O2S. The van der Waals surface area contributed by atoms with Crippen LogP contribution in [0.2, 0.25) is 0 Å². The zero-order valence-corrected chi connectivity index (χ0v) is 18.7. The minimum Gasteiger partial charge on any atom is -0.299 e. The Morgan fingerprint density at radius 2 is 1.79 bits per heavy atom. The van der Waals surface area contributed by atoms with Gasteiger partial charge in [0.05, 0.1) is 11.9 Å². The molecule has 4 rings (SSSR count). The van der Waals surface area contributed by atoms with E-state index in [9.17, 15) is 8.42 Å². The van der Waals surface area contributed by atoms with E-state index in [2.05, 4.69) is 43.9 Å². The summed E-state index contributed by atoms with van der Waals surface area (Å²) in [5.41, 5.74) is 3.06. The van der Waals surface area contributed by atoms with Crippen molar-refractivity contribution in [2.45, 2.75) is 57.9 Å². The molecule has 0 atom stereocenters. The Hall–Kier alpha value is -1.86. The van der Waals surface area contributed by atoms with Crippen LogP contribution in [0.15, 0.2) is 36.7 Å². The summed E-state index contributed by atoms with van der Waals surface area (Å²) in [5.74, 6) is 0.283. The third-order valence-electron chi connectivity index (χ3n) is 6.23. The van der Waals surface area contributed by atoms with Crippen molar-refractivity contribution in [1.82, 2.24) is 14.7 Å². The van der Waals surface area contributed by atoms with E-state index < -0.39 is 14.8 Å². The highest BCUT2D eigenvalue weighted by Gasteiger charge is 2.56. The number of rotatable bonds is 5. The summed E-state index contributed by atoms with van der Waals surface area (Å²) in [5, 5.41) is 4.43. The van der Waals surface area contributed by atoms with Gasteiger partial charge in [0.2, 0.25) is 10.0 Å². The first-order valence-corrected chi connectivity index (χ1v) is 12.1. The lowest BCUT2D eigenvalue weighted by molar-refractivity contribution is 0.189. The average molecular weight is 417 g/mol. The van der Waals surface area contributed by atoms with Gasteiger partial charge in [0, 0.05) is 44.0 Å². The molecule has 0 bridgehead atoms. The molecule has 0 radical (unpaired) electrons. The molecule has 3 heterocycles. The van der Waals surface area contributed by atoms with Crippen molar-refractivity contribution in [3.05, 3.63) is 47.8 Å². The van der Waals surface area contributed by atoms with Gasteiger partial charge in [-0.05, 0) is 44.2 Å². The van der Waals surface area contributed by atoms with E-state index in [1.165, 1.54) is 5.56 Å². The first-order chi connectivity index (χ1) is 13.7. The van der Waals surface area contributed by atoms with Crippen molar-refractivity contribution in [2.24, 2.45) is 5.92 Å². The third kappa shape index (κ3) is 3.38. The first-order valence-electron chi connectivity index (χ1n) is 10.6. The Morgan fingerprint density at radius 1 is 1.10 bits per heavy atom. The molecule has 1 aromatic heterocycles. The fourth-order valence-electron chi connectivity index (χ4n) is 4.68. The fraction of sp³-hybridized carbons (Fsp3) is 0.591. The SMILES string of the molecule is CC(C)CN1c2ccccc2C2(CCN(Cc3cnn(C(C)C)c3)CC2)S1(=O)=O. The molecule has 1 spiro atoms. The number of likely N-dealkylation sites (tertiary alicyclic amines) is 1. The summed E-state index contributed by atoms with van der Waals surface area (Å²) >= 11 is 0. The Bertz CT molecular complexity index is 972. The van der Waals surface area contributed by atoms with Crippen molar-refractivity contribution in [2.75, 3.05) is 23.9 Å². The second-order valence-electron chi connectivity index (χ2n) is 9.14. The smallest absolute Gasteiger partial charge is 0.245 e. The van der Waals surface area contributed by atoms with E-state index in [1.807, 2.05) is 35.1 Å². The number of nitrogens with zero attached hydrogens (tertiary/aromatic N) is 4. The lowest BCUT2D eigenvalue weighted by atomic mass is 9.87. The highest BCUT2D eigenvalue weighted by Crippen LogP contribution is 2.52. The minimum absolute atomic E-state index is 0.283. The van der Waals surface area contributed by atoms with Crippen molar-refractivity contribution in [3.8, 4) is 0 Å². The standard InChI is InChI=1S/C22H32N4O2S/c1-17(2)14-26-21-8-6-5-7-20(21)22(29(26,27)28)9-11-24(12-10-22)15-19-13-23-25(16-19)18(3)4/h5-8,13,16-18H,9-12,14-15H2,1-4H3. The second kappa shape index (κ2) is 7.43. The number of hydrogen-bond acceptors (Lipinski definition) is 4. The van der Waals surface area contributed by atoms with Gasteiger partial charge < -0.3 is 0 Å². The number of piperidine rings is 1. The number of anilines is 1. The molecule has 0 N–H and O–H groups in total. The topological polar surface area (TPSA) is 58.4 Å². The van der Waals surface area contributed by atoms with E-state index in [1.54, 1.807) is 4.31 Å². The summed E-state index contributed by atoms with van der Waals surface area (Å²) in [7, 11) is -3.42. The van der Waals surface area contributed by atoms with Gasteiger partial charge in [-0.15, -0.1) is 0 Å². The molecule has 2 aromatic rings. The van der Waals surface area contributed by atoms with Crippen LogP contribution < -0.4 is 4.31 Å². The van der Waals surface area contributed by atoms with Crippen LogP contribution >= 0.6 is 0 Å². The van der Waals surface area contributed by atoms with E-state index in [4.69, 9.17) is 0 Å². The molecule has 0 saturated carbocycles. The van der Waals surface area contributed by atoms with E-state index >= 15 is 0 Å². The van der Waals surface area contributed by atoms with Crippen molar-refractivity contribution >= 4 is 15.7 Å². The molecule has 2 aliphatic heterocycles. The quantitative estimate of drug-likeness (QED) is 0.745. The van der Waals surface area contributed by atoms with Gasteiger partial charge in [-0.25, -0.2) is 8.42 Å². The van der Waals surface area contributed by atoms with E-state index in [0.717, 1.165) is 30.9 Å². The fourth-order valence-corrected chi connectivity index (χ4v) is 7.17. The van der Waals surface area contributed by atoms with Crippen molar-refractivity contribution in [1.29, 1.82) is 0 Å². The number of hydrogen-bond donors (Lipinski definition) is 0. The van der Waals surface area contributed by atoms with E-state index in [0.29, 0.717) is 25.4 Å². The second-order valence-corrected chi connectivity index (χ2v) is 11.3. The molecule has 0 amide bonds. The minimum atomic E-state index is -3.42. The summed E-state index contributed by atoms with van der Waals surface area (Å²) in [6, 6.07) is 8.26. The summed E-state index contributed by atoms with van der Waals surface area (Å²) in [6.07, 6.45) is 5.30. The molecule has 158 valence electrons. The van der Waals surface area contributed by atoms with Crippen LogP contribution in [0.5, 0.6) is 0 Å². The zero-order chi connectivity index (χ0) is 20.8. The van der Waals surface area contributed by atoms with Crippen LogP contribution in [0, 0.1) is 5.92 Å². The van der Waals surface area contributed by atoms with Gasteiger partial charge >= 0.3 is 0 Å². The molecule has 1 saturated heterocycles. The predicted octanol–water partition coefficient (Wildman–Crippen LogP) is 3.76. The molecule has 7 heteroatoms. The lowest BCUT2D eigenvalue weighted by Gasteiger charge is -2.39. The molecule has 6 nitrogen and oxygen atoms in total. The van der Waals surface area contributed by atoms with Gasteiger partial charge in [0.1, 0.15) is 4.75 Å². The van der Waals surface area contributed by atoms with Crippen molar-refractivity contribution in [3.63, 3.8) is 0 Å². The molecule has 0 aliphatic carbocycles. The molecule has 0 unspecified atom stereocenters. The maximum Gasteiger partial charge on any atom is 0.245 e. The Morgan fingerprint density at radius 3 is 2.41 bits per heavy atom. The van der Waals surface area contributed by atoms with Gasteiger partial charge in [-0.2, -0.15) is 5.10 Å². The number of sulfonamides is 1. The maximum absolute atomic E-state index is 13.7. The molecule has 2 aliphatic rings. The van der Waals surface area contributed by atoms with Gasteiger partial charge in [0.25, 0.3) is 0 Å².